The van der Waals surface area contributed by atoms with Crippen molar-refractivity contribution in [2.45, 2.75) is 39.4 Å². The van der Waals surface area contributed by atoms with E-state index in [9.17, 15) is 18.7 Å². The van der Waals surface area contributed by atoms with Crippen molar-refractivity contribution >= 4 is 11.6 Å². The van der Waals surface area contributed by atoms with Crippen molar-refractivity contribution in [1.82, 2.24) is 14.6 Å². The highest BCUT2D eigenvalue weighted by Crippen LogP contribution is 2.41. The van der Waals surface area contributed by atoms with E-state index in [1.54, 1.807) is 44.3 Å². The third-order valence-electron chi connectivity index (χ3n) is 7.26. The molecule has 1 aliphatic heterocycles. The molecule has 10 heteroatoms. The molecule has 3 heterocycles. The molecule has 3 aromatic carbocycles. The molecule has 6 rings (SSSR count). The predicted octanol–water partition coefficient (Wildman–Crippen LogP) is 7.59. The quantitative estimate of drug-likeness (QED) is 0.210. The lowest BCUT2D eigenvalue weighted by atomic mass is 9.98. The Morgan fingerprint density at radius 2 is 1.58 bits per heavy atom. The fourth-order valence-electron chi connectivity index (χ4n) is 5.35. The van der Waals surface area contributed by atoms with Crippen LogP contribution in [-0.2, 0) is 9.53 Å². The van der Waals surface area contributed by atoms with Gasteiger partial charge in [0.1, 0.15) is 36.3 Å². The normalized spacial score (nSPS) is 14.0. The number of nitrogens with zero attached hydrogens (tertiary/aromatic N) is 3. The molecule has 1 unspecified atom stereocenters. The number of aliphatic carboxylic acids is 1. The third kappa shape index (κ3) is 6.01. The van der Waals surface area contributed by atoms with Crippen molar-refractivity contribution < 1.29 is 32.9 Å². The minimum Gasteiger partial charge on any atom is -0.488 e. The fraction of sp³-hybridized carbons (Fsp3) is 0.229. The molecule has 230 valence electrons. The second-order valence-corrected chi connectivity index (χ2v) is 11.9. The van der Waals surface area contributed by atoms with Gasteiger partial charge in [0, 0.05) is 46.1 Å². The van der Waals surface area contributed by atoms with Gasteiger partial charge in [0.15, 0.2) is 11.8 Å². The van der Waals surface area contributed by atoms with E-state index in [1.165, 1.54) is 30.3 Å². The minimum atomic E-state index is -1.43. The first-order chi connectivity index (χ1) is 21.4. The van der Waals surface area contributed by atoms with Gasteiger partial charge in [-0.1, -0.05) is 24.8 Å². The topological polar surface area (TPSA) is 95.2 Å². The largest absolute Gasteiger partial charge is 0.488 e. The van der Waals surface area contributed by atoms with E-state index in [1.807, 2.05) is 24.3 Å². The number of aryl methyl sites for hydroxylation is 1. The van der Waals surface area contributed by atoms with E-state index in [2.05, 4.69) is 6.58 Å². The van der Waals surface area contributed by atoms with Gasteiger partial charge in [0.05, 0.1) is 17.0 Å². The second-order valence-electron chi connectivity index (χ2n) is 11.9. The van der Waals surface area contributed by atoms with E-state index in [0.29, 0.717) is 45.2 Å². The van der Waals surface area contributed by atoms with E-state index in [0.717, 1.165) is 11.1 Å². The number of carboxylic acids is 1. The molecule has 0 saturated carbocycles. The van der Waals surface area contributed by atoms with Crippen LogP contribution in [0.1, 0.15) is 38.1 Å². The first-order valence-electron chi connectivity index (χ1n) is 14.3. The number of halogens is 2. The summed E-state index contributed by atoms with van der Waals surface area (Å²) in [7, 11) is 0. The summed E-state index contributed by atoms with van der Waals surface area (Å²) in [5.41, 5.74) is 4.17. The summed E-state index contributed by atoms with van der Waals surface area (Å²) < 4.78 is 48.7. The van der Waals surface area contributed by atoms with Crippen LogP contribution >= 0.6 is 0 Å². The summed E-state index contributed by atoms with van der Waals surface area (Å²) in [4.78, 5) is 17.5. The molecule has 0 amide bonds. The Hall–Kier alpha value is -5.09. The number of benzene rings is 3. The molecule has 1 N–H and O–H groups in total. The monoisotopic (exact) mass is 611 g/mol. The molecule has 4 bridgehead atoms. The van der Waals surface area contributed by atoms with Gasteiger partial charge in [-0.3, -0.25) is 0 Å². The van der Waals surface area contributed by atoms with Crippen LogP contribution < -0.4 is 9.47 Å². The zero-order valence-corrected chi connectivity index (χ0v) is 25.2. The van der Waals surface area contributed by atoms with Crippen LogP contribution in [0.25, 0.3) is 39.3 Å². The number of aromatic nitrogens is 3. The van der Waals surface area contributed by atoms with Crippen LogP contribution in [0.3, 0.4) is 0 Å². The van der Waals surface area contributed by atoms with Gasteiger partial charge < -0.3 is 19.3 Å². The van der Waals surface area contributed by atoms with Gasteiger partial charge in [-0.05, 0) is 69.2 Å². The second kappa shape index (κ2) is 11.4. The highest BCUT2D eigenvalue weighted by molar-refractivity contribution is 5.83. The Bertz CT molecular complexity index is 1980. The molecule has 2 aromatic heterocycles. The molecule has 0 aliphatic carbocycles. The van der Waals surface area contributed by atoms with E-state index in [-0.39, 0.29) is 24.5 Å². The van der Waals surface area contributed by atoms with Gasteiger partial charge in [-0.2, -0.15) is 5.10 Å². The average Bonchev–Trinajstić information content (AvgIpc) is 3.40. The predicted molar refractivity (Wildman–Crippen MR) is 165 cm³/mol. The molecular weight excluding hydrogens is 580 g/mol. The van der Waals surface area contributed by atoms with Crippen LogP contribution in [0.2, 0.25) is 0 Å². The SMILES string of the molecule is C=C1COc2cc(F)ccc2-c2cccc(c2)-c2cc3nc(C)c(C(OC(C)(C)C)C(=O)O)c(n3n2)-c2ccc(F)cc2OC1. The number of fused-ring (bicyclic) bond motifs is 8. The van der Waals surface area contributed by atoms with Crippen molar-refractivity contribution in [2.24, 2.45) is 0 Å². The van der Waals surface area contributed by atoms with Gasteiger partial charge in [-0.15, -0.1) is 0 Å². The third-order valence-corrected chi connectivity index (χ3v) is 7.26. The van der Waals surface area contributed by atoms with Crippen LogP contribution in [-0.4, -0.2) is 44.5 Å². The van der Waals surface area contributed by atoms with Crippen LogP contribution in [0.4, 0.5) is 8.78 Å². The molecule has 0 fully saturated rings. The smallest absolute Gasteiger partial charge is 0.337 e. The molecule has 0 spiro atoms. The zero-order chi connectivity index (χ0) is 32.0. The number of carboxylic acid groups (broad SMARTS) is 1. The first kappa shape index (κ1) is 30.0. The number of carbonyl (C=O) groups is 1. The maximum atomic E-state index is 14.7. The van der Waals surface area contributed by atoms with Crippen molar-refractivity contribution in [1.29, 1.82) is 0 Å². The summed E-state index contributed by atoms with van der Waals surface area (Å²) >= 11 is 0. The zero-order valence-electron chi connectivity index (χ0n) is 25.2. The Balaban J connectivity index is 1.67. The van der Waals surface area contributed by atoms with Gasteiger partial charge in [0.25, 0.3) is 0 Å². The Labute approximate surface area is 258 Å². The molecule has 8 nitrogen and oxygen atoms in total. The molecule has 0 saturated heterocycles. The summed E-state index contributed by atoms with van der Waals surface area (Å²) in [5, 5.41) is 15.3. The molecule has 5 aromatic rings. The van der Waals surface area contributed by atoms with Crippen LogP contribution in [0.5, 0.6) is 11.5 Å². The van der Waals surface area contributed by atoms with Crippen LogP contribution in [0.15, 0.2) is 78.9 Å². The maximum Gasteiger partial charge on any atom is 0.337 e. The molecule has 45 heavy (non-hydrogen) atoms. The van der Waals surface area contributed by atoms with E-state index >= 15 is 0 Å². The number of ether oxygens (including phenoxy) is 3. The van der Waals surface area contributed by atoms with E-state index < -0.39 is 29.3 Å². The van der Waals surface area contributed by atoms with Gasteiger partial charge >= 0.3 is 5.97 Å². The molecule has 1 atom stereocenters. The number of rotatable bonds is 3. The highest BCUT2D eigenvalue weighted by Gasteiger charge is 2.34. The summed E-state index contributed by atoms with van der Waals surface area (Å²) in [5.74, 6) is -1.78. The number of hydrogen-bond acceptors (Lipinski definition) is 6. The minimum absolute atomic E-state index is 0.00551. The highest BCUT2D eigenvalue weighted by atomic mass is 19.1. The van der Waals surface area contributed by atoms with Gasteiger partial charge in [-0.25, -0.2) is 23.1 Å². The summed E-state index contributed by atoms with van der Waals surface area (Å²) in [6, 6.07) is 17.6. The number of hydrogen-bond donors (Lipinski definition) is 1. The first-order valence-corrected chi connectivity index (χ1v) is 14.3. The fourth-order valence-corrected chi connectivity index (χ4v) is 5.35. The van der Waals surface area contributed by atoms with Crippen molar-refractivity contribution in [2.75, 3.05) is 13.2 Å². The Kier molecular flexibility index (Phi) is 7.62. The molecule has 1 aliphatic rings. The molecular formula is C35H31F2N3O5. The maximum absolute atomic E-state index is 14.7. The van der Waals surface area contributed by atoms with Crippen molar-refractivity contribution in [3.8, 4) is 45.1 Å². The van der Waals surface area contributed by atoms with Crippen molar-refractivity contribution in [3.05, 3.63) is 102 Å². The average molecular weight is 612 g/mol. The lowest BCUT2D eigenvalue weighted by molar-refractivity contribution is -0.160. The lowest BCUT2D eigenvalue weighted by Crippen LogP contribution is -2.29. The molecule has 0 radical (unpaired) electrons. The lowest BCUT2D eigenvalue weighted by Gasteiger charge is -2.28. The van der Waals surface area contributed by atoms with Gasteiger partial charge in [0.2, 0.25) is 0 Å². The summed E-state index contributed by atoms with van der Waals surface area (Å²) in [6.07, 6.45) is -1.43. The summed E-state index contributed by atoms with van der Waals surface area (Å²) in [6.45, 7) is 11.0. The Morgan fingerprint density at radius 1 is 0.956 bits per heavy atom. The Morgan fingerprint density at radius 3 is 2.22 bits per heavy atom. The van der Waals surface area contributed by atoms with Crippen LogP contribution in [0, 0.1) is 18.6 Å². The van der Waals surface area contributed by atoms with Crippen molar-refractivity contribution in [3.63, 3.8) is 0 Å². The van der Waals surface area contributed by atoms with E-state index in [4.69, 9.17) is 24.3 Å². The standard InChI is InChI=1S/C35H31F2N3O5/c1-19-17-43-28-14-23(36)9-11-25(28)21-7-6-8-22(13-21)27-16-30-38-20(2)31(33(34(41)42)45-35(3,4)5)32(40(30)39-27)26-12-10-24(37)15-29(26)44-18-19/h6-16,33H,1,17-18H2,2-5H3,(H,41,42).